The Bertz CT molecular complexity index is 4330. The molecule has 1 N–H and O–H groups in total. The van der Waals surface area contributed by atoms with Crippen LogP contribution in [0, 0.1) is 20.8 Å². The molecule has 6 nitrogen and oxygen atoms in total. The summed E-state index contributed by atoms with van der Waals surface area (Å²) >= 11 is 3.55. The molecule has 0 unspecified atom stereocenters. The van der Waals surface area contributed by atoms with Crippen molar-refractivity contribution in [1.29, 1.82) is 0 Å². The van der Waals surface area contributed by atoms with E-state index in [1.807, 2.05) is 0 Å². The molecule has 70 heavy (non-hydrogen) atoms. The molecule has 0 fully saturated rings. The molecule has 0 bridgehead atoms. The molecular weight excluding hydrogens is 891 g/mol. The summed E-state index contributed by atoms with van der Waals surface area (Å²) in [6.07, 6.45) is 4.42. The van der Waals surface area contributed by atoms with Crippen molar-refractivity contribution >= 4 is 171 Å². The molecule has 328 valence electrons. The van der Waals surface area contributed by atoms with Crippen LogP contribution >= 0.6 is 23.9 Å². The Labute approximate surface area is 414 Å². The van der Waals surface area contributed by atoms with E-state index in [0.717, 1.165) is 11.5 Å². The number of nitrogens with one attached hydrogen (secondary N) is 1. The molecule has 0 amide bonds. The van der Waals surface area contributed by atoms with Crippen molar-refractivity contribution in [2.24, 2.45) is 0 Å². The van der Waals surface area contributed by atoms with Gasteiger partial charge in [0, 0.05) is 79.6 Å². The maximum atomic E-state index is 7.30. The number of anilines is 6. The predicted molar refractivity (Wildman–Crippen MR) is 304 cm³/mol. The van der Waals surface area contributed by atoms with Gasteiger partial charge in [0.15, 0.2) is 0 Å². The van der Waals surface area contributed by atoms with E-state index in [1.54, 1.807) is 23.9 Å². The molecule has 0 aliphatic carbocycles. The average Bonchev–Trinajstić information content (AvgIpc) is 3.89. The summed E-state index contributed by atoms with van der Waals surface area (Å²) in [5.74, 6) is 1.88. The standard InChI is InChI=1S/C59H40B3N5OS2/c1-30-20-44-55-49(21-30)64-45-18-8-6-12-33(45)35-14-10-16-37(58(35)64)60(55)39-26-40-47(28-43(39)63-44)66(69-4)52-24-32(3)25-54-57(52)62(40)42-27-41-48(29-53(42)68-54)67(70-5)51-23-31(2)22-50-56(51)61(41)38-17-11-15-36-34-13-7-9-19-46(34)65(50)59(36)38/h6-29,63H,1-5H3. The topological polar surface area (TPSA) is 37.6 Å². The Morgan fingerprint density at radius 3 is 1.57 bits per heavy atom. The van der Waals surface area contributed by atoms with Crippen LogP contribution in [0.4, 0.5) is 34.1 Å². The Morgan fingerprint density at radius 1 is 0.400 bits per heavy atom. The van der Waals surface area contributed by atoms with Gasteiger partial charge in [0.25, 0.3) is 20.1 Å². The van der Waals surface area contributed by atoms with Gasteiger partial charge in [0.05, 0.1) is 28.1 Å². The van der Waals surface area contributed by atoms with Crippen molar-refractivity contribution in [3.05, 3.63) is 162 Å². The van der Waals surface area contributed by atoms with E-state index in [4.69, 9.17) is 4.74 Å². The molecule has 0 atom stereocenters. The van der Waals surface area contributed by atoms with E-state index in [2.05, 4.69) is 202 Å². The van der Waals surface area contributed by atoms with Gasteiger partial charge in [0.2, 0.25) is 0 Å². The monoisotopic (exact) mass is 931 g/mol. The van der Waals surface area contributed by atoms with Crippen molar-refractivity contribution in [1.82, 2.24) is 9.13 Å². The Hall–Kier alpha value is -7.33. The molecule has 0 radical (unpaired) electrons. The molecule has 6 aliphatic heterocycles. The quantitative estimate of drug-likeness (QED) is 0.138. The number of para-hydroxylation sites is 4. The maximum Gasteiger partial charge on any atom is 0.256 e. The first kappa shape index (κ1) is 38.5. The number of hydrogen-bond donors (Lipinski definition) is 1. The van der Waals surface area contributed by atoms with E-state index in [1.165, 1.54) is 155 Å². The van der Waals surface area contributed by atoms with Gasteiger partial charge in [-0.2, -0.15) is 0 Å². The molecule has 0 saturated heterocycles. The summed E-state index contributed by atoms with van der Waals surface area (Å²) in [5, 5.41) is 9.27. The van der Waals surface area contributed by atoms with Crippen LogP contribution in [0.3, 0.4) is 0 Å². The summed E-state index contributed by atoms with van der Waals surface area (Å²) in [6.45, 7) is 6.69. The first-order valence-electron chi connectivity index (χ1n) is 24.3. The highest BCUT2D eigenvalue weighted by Gasteiger charge is 2.48. The van der Waals surface area contributed by atoms with Crippen LogP contribution in [0.25, 0.3) is 55.0 Å². The average molecular weight is 932 g/mol. The molecule has 0 spiro atoms. The van der Waals surface area contributed by atoms with Crippen molar-refractivity contribution in [3.8, 4) is 22.9 Å². The SMILES string of the molecule is CSN1c2cc3c(cc2B2c4cc5c(cc4Oc4cc(C)cc1c42)N(SC)c1cc(C)cc2c1B5c1cccc4c5ccccc5n-2c14)B1c2c(cc(C)cc2-n2c4ccccc4c4cccc1c42)N3. The zero-order valence-corrected chi connectivity index (χ0v) is 40.7. The minimum absolute atomic E-state index is 0.0278. The number of fused-ring (bicyclic) bond motifs is 18. The lowest BCUT2D eigenvalue weighted by Gasteiger charge is -2.43. The number of ether oxygens (including phenoxy) is 1. The van der Waals surface area contributed by atoms with Crippen LogP contribution in [0.15, 0.2) is 146 Å². The van der Waals surface area contributed by atoms with Gasteiger partial charge in [0.1, 0.15) is 11.5 Å². The van der Waals surface area contributed by atoms with Crippen molar-refractivity contribution in [3.63, 3.8) is 0 Å². The zero-order valence-electron chi connectivity index (χ0n) is 39.1. The number of aryl methyl sites for hydroxylation is 3. The number of benzene rings is 9. The number of nitrogens with zero attached hydrogens (tertiary/aromatic N) is 4. The van der Waals surface area contributed by atoms with Crippen molar-refractivity contribution < 1.29 is 4.74 Å². The Morgan fingerprint density at radius 2 is 0.914 bits per heavy atom. The van der Waals surface area contributed by atoms with E-state index in [9.17, 15) is 0 Å². The number of hydrogen-bond acceptors (Lipinski definition) is 6. The minimum atomic E-state index is -0.0690. The summed E-state index contributed by atoms with van der Waals surface area (Å²) in [6, 6.07) is 56.1. The fourth-order valence-corrected chi connectivity index (χ4v) is 15.6. The second-order valence-corrected chi connectivity index (χ2v) is 21.7. The van der Waals surface area contributed by atoms with E-state index >= 15 is 0 Å². The van der Waals surface area contributed by atoms with Crippen molar-refractivity contribution in [2.45, 2.75) is 20.8 Å². The summed E-state index contributed by atoms with van der Waals surface area (Å²) in [5.41, 5.74) is 30.4. The highest BCUT2D eigenvalue weighted by Crippen LogP contribution is 2.46. The molecule has 0 saturated carbocycles. The molecular formula is C59H40B3N5OS2. The van der Waals surface area contributed by atoms with Gasteiger partial charge in [-0.1, -0.05) is 84.9 Å². The van der Waals surface area contributed by atoms with Crippen molar-refractivity contribution in [2.75, 3.05) is 26.4 Å². The fourth-order valence-electron chi connectivity index (χ4n) is 14.2. The molecule has 8 heterocycles. The smallest absolute Gasteiger partial charge is 0.256 e. The van der Waals surface area contributed by atoms with Crippen LogP contribution in [-0.4, -0.2) is 41.8 Å². The fraction of sp³-hybridized carbons (Fsp3) is 0.0847. The third kappa shape index (κ3) is 4.52. The Balaban J connectivity index is 0.945. The predicted octanol–water partition coefficient (Wildman–Crippen LogP) is 8.60. The molecule has 6 aliphatic rings. The number of rotatable bonds is 2. The van der Waals surface area contributed by atoms with Crippen LogP contribution in [0.5, 0.6) is 11.5 Å². The van der Waals surface area contributed by atoms with Crippen LogP contribution < -0.4 is 67.8 Å². The molecule has 11 heteroatoms. The molecule has 11 aromatic rings. The lowest BCUT2D eigenvalue weighted by atomic mass is 9.29. The lowest BCUT2D eigenvalue weighted by molar-refractivity contribution is 0.487. The first-order chi connectivity index (χ1) is 34.4. The largest absolute Gasteiger partial charge is 0.458 e. The van der Waals surface area contributed by atoms with Crippen LogP contribution in [-0.2, 0) is 0 Å². The highest BCUT2D eigenvalue weighted by molar-refractivity contribution is 8.00. The second kappa shape index (κ2) is 13.1. The van der Waals surface area contributed by atoms with Gasteiger partial charge in [-0.05, 0) is 165 Å². The zero-order chi connectivity index (χ0) is 46.2. The van der Waals surface area contributed by atoms with Gasteiger partial charge in [-0.25, -0.2) is 0 Å². The van der Waals surface area contributed by atoms with Gasteiger partial charge >= 0.3 is 0 Å². The maximum absolute atomic E-state index is 7.30. The second-order valence-electron chi connectivity index (χ2n) is 20.3. The molecule has 9 aromatic carbocycles. The Kier molecular flexibility index (Phi) is 7.21. The van der Waals surface area contributed by atoms with E-state index < -0.39 is 0 Å². The summed E-state index contributed by atoms with van der Waals surface area (Å²) in [4.78, 5) is 0. The van der Waals surface area contributed by atoms with Gasteiger partial charge in [-0.15, -0.1) is 0 Å². The third-order valence-electron chi connectivity index (χ3n) is 16.6. The van der Waals surface area contributed by atoms with E-state index in [-0.39, 0.29) is 20.1 Å². The summed E-state index contributed by atoms with van der Waals surface area (Å²) < 4.78 is 17.3. The lowest BCUT2D eigenvalue weighted by Crippen LogP contribution is -2.65. The number of aromatic nitrogens is 2. The van der Waals surface area contributed by atoms with Gasteiger partial charge in [-0.3, -0.25) is 8.61 Å². The first-order valence-corrected chi connectivity index (χ1v) is 26.7. The van der Waals surface area contributed by atoms with E-state index in [0.29, 0.717) is 0 Å². The normalized spacial score (nSPS) is 14.6. The molecule has 2 aromatic heterocycles. The highest BCUT2D eigenvalue weighted by atomic mass is 32.2. The third-order valence-corrected chi connectivity index (χ3v) is 18.1. The van der Waals surface area contributed by atoms with Crippen LogP contribution in [0.1, 0.15) is 16.7 Å². The minimum Gasteiger partial charge on any atom is -0.458 e. The van der Waals surface area contributed by atoms with Gasteiger partial charge < -0.3 is 19.2 Å². The molecule has 17 rings (SSSR count). The van der Waals surface area contributed by atoms with Crippen LogP contribution in [0.2, 0.25) is 0 Å². The summed E-state index contributed by atoms with van der Waals surface area (Å²) in [7, 11) is 0.